The number of nitrogens with zero attached hydrogens (tertiary/aromatic N) is 2. The molecular weight excluding hydrogens is 336 g/mol. The molecule has 1 atom stereocenters. The monoisotopic (exact) mass is 362 g/mol. The lowest BCUT2D eigenvalue weighted by Crippen LogP contribution is -2.52. The van der Waals surface area contributed by atoms with Crippen molar-refractivity contribution >= 4 is 21.8 Å². The molecule has 3 rings (SSSR count). The lowest BCUT2D eigenvalue weighted by molar-refractivity contribution is -0.127. The molecule has 0 saturated carbocycles. The topological polar surface area (TPSA) is 57.7 Å². The molecule has 2 heterocycles. The van der Waals surface area contributed by atoms with Crippen LogP contribution < -0.4 is 0 Å². The number of hydrogen-bond acceptors (Lipinski definition) is 4. The third kappa shape index (κ3) is 4.70. The van der Waals surface area contributed by atoms with Crippen molar-refractivity contribution in [3.05, 3.63) is 41.5 Å². The normalized spacial score (nSPS) is 24.0. The van der Waals surface area contributed by atoms with E-state index in [1.165, 1.54) is 5.56 Å². The van der Waals surface area contributed by atoms with Crippen molar-refractivity contribution in [1.29, 1.82) is 0 Å². The second-order valence-corrected chi connectivity index (χ2v) is 9.08. The van der Waals surface area contributed by atoms with E-state index in [1.807, 2.05) is 23.1 Å². The molecule has 0 aromatic heterocycles. The van der Waals surface area contributed by atoms with Crippen molar-refractivity contribution in [3.8, 4) is 0 Å². The van der Waals surface area contributed by atoms with Crippen molar-refractivity contribution < 1.29 is 13.2 Å². The number of sulfone groups is 1. The Kier molecular flexibility index (Phi) is 5.59. The first kappa shape index (κ1) is 18.1. The molecule has 6 heteroatoms. The van der Waals surface area contributed by atoms with Crippen LogP contribution in [0.3, 0.4) is 0 Å². The average molecular weight is 362 g/mol. The summed E-state index contributed by atoms with van der Waals surface area (Å²) in [6, 6.07) is 8.36. The highest BCUT2D eigenvalue weighted by molar-refractivity contribution is 7.91. The highest BCUT2D eigenvalue weighted by Crippen LogP contribution is 2.19. The van der Waals surface area contributed by atoms with Gasteiger partial charge in [0.1, 0.15) is 0 Å². The number of carbonyl (C=O) groups is 1. The summed E-state index contributed by atoms with van der Waals surface area (Å²) in [6.45, 7) is 4.95. The van der Waals surface area contributed by atoms with E-state index in [-0.39, 0.29) is 17.7 Å². The van der Waals surface area contributed by atoms with Gasteiger partial charge in [-0.15, -0.1) is 0 Å². The Morgan fingerprint density at radius 2 is 1.84 bits per heavy atom. The highest BCUT2D eigenvalue weighted by Gasteiger charge is 2.34. The summed E-state index contributed by atoms with van der Waals surface area (Å²) in [7, 11) is -2.85. The van der Waals surface area contributed by atoms with Gasteiger partial charge in [0.25, 0.3) is 0 Å². The minimum atomic E-state index is -2.85. The summed E-state index contributed by atoms with van der Waals surface area (Å²) in [4.78, 5) is 16.4. The second kappa shape index (κ2) is 7.70. The van der Waals surface area contributed by atoms with Gasteiger partial charge in [0.05, 0.1) is 11.5 Å². The number of piperazine rings is 1. The van der Waals surface area contributed by atoms with Crippen LogP contribution >= 0.6 is 0 Å². The molecule has 136 valence electrons. The first-order valence-corrected chi connectivity index (χ1v) is 10.8. The van der Waals surface area contributed by atoms with Crippen LogP contribution in [0.15, 0.2) is 30.3 Å². The zero-order chi connectivity index (χ0) is 17.9. The van der Waals surface area contributed by atoms with Crippen molar-refractivity contribution in [2.24, 2.45) is 0 Å². The largest absolute Gasteiger partial charge is 0.337 e. The maximum atomic E-state index is 12.4. The highest BCUT2D eigenvalue weighted by atomic mass is 32.2. The van der Waals surface area contributed by atoms with E-state index in [9.17, 15) is 13.2 Å². The molecule has 0 aliphatic carbocycles. The summed E-state index contributed by atoms with van der Waals surface area (Å²) in [5.74, 6) is 0.601. The SMILES string of the molecule is CCc1ccc(/C=C/C(=O)N2CCN([C@H]3CCS(=O)(=O)C3)CC2)cc1. The van der Waals surface area contributed by atoms with Gasteiger partial charge in [-0.3, -0.25) is 9.69 Å². The molecule has 1 amide bonds. The zero-order valence-electron chi connectivity index (χ0n) is 14.7. The Balaban J connectivity index is 1.50. The minimum Gasteiger partial charge on any atom is -0.337 e. The molecule has 1 aromatic rings. The van der Waals surface area contributed by atoms with Gasteiger partial charge >= 0.3 is 0 Å². The lowest BCUT2D eigenvalue weighted by atomic mass is 10.1. The summed E-state index contributed by atoms with van der Waals surface area (Å²) < 4.78 is 23.2. The summed E-state index contributed by atoms with van der Waals surface area (Å²) in [5, 5.41) is 0. The fourth-order valence-corrected chi connectivity index (χ4v) is 5.27. The minimum absolute atomic E-state index is 0.0262. The van der Waals surface area contributed by atoms with Crippen LogP contribution in [0.4, 0.5) is 0 Å². The van der Waals surface area contributed by atoms with Crippen molar-refractivity contribution in [3.63, 3.8) is 0 Å². The van der Waals surface area contributed by atoms with Crippen LogP contribution in [0.5, 0.6) is 0 Å². The Bertz CT molecular complexity index is 732. The Morgan fingerprint density at radius 1 is 1.16 bits per heavy atom. The summed E-state index contributed by atoms with van der Waals surface area (Å²) in [5.41, 5.74) is 2.31. The molecule has 0 unspecified atom stereocenters. The molecule has 25 heavy (non-hydrogen) atoms. The van der Waals surface area contributed by atoms with E-state index >= 15 is 0 Å². The fraction of sp³-hybridized carbons (Fsp3) is 0.526. The number of amides is 1. The quantitative estimate of drug-likeness (QED) is 0.764. The predicted octanol–water partition coefficient (Wildman–Crippen LogP) is 1.59. The molecule has 2 aliphatic rings. The fourth-order valence-electron chi connectivity index (χ4n) is 3.51. The van der Waals surface area contributed by atoms with Gasteiger partial charge in [0, 0.05) is 38.3 Å². The number of hydrogen-bond donors (Lipinski definition) is 0. The van der Waals surface area contributed by atoms with Crippen molar-refractivity contribution in [1.82, 2.24) is 9.80 Å². The molecule has 0 spiro atoms. The zero-order valence-corrected chi connectivity index (χ0v) is 15.5. The van der Waals surface area contributed by atoms with Gasteiger partial charge in [0.15, 0.2) is 9.84 Å². The number of carbonyl (C=O) groups excluding carboxylic acids is 1. The van der Waals surface area contributed by atoms with Gasteiger partial charge in [-0.1, -0.05) is 31.2 Å². The van der Waals surface area contributed by atoms with Gasteiger partial charge in [-0.2, -0.15) is 0 Å². The van der Waals surface area contributed by atoms with Crippen molar-refractivity contribution in [2.75, 3.05) is 37.7 Å². The van der Waals surface area contributed by atoms with Crippen LogP contribution in [-0.2, 0) is 21.1 Å². The molecule has 0 bridgehead atoms. The van der Waals surface area contributed by atoms with Crippen LogP contribution in [0.25, 0.3) is 6.08 Å². The number of aryl methyl sites for hydroxylation is 1. The molecule has 0 N–H and O–H groups in total. The first-order chi connectivity index (χ1) is 12.0. The van der Waals surface area contributed by atoms with E-state index in [2.05, 4.69) is 24.0 Å². The first-order valence-electron chi connectivity index (χ1n) is 8.97. The van der Waals surface area contributed by atoms with E-state index in [1.54, 1.807) is 6.08 Å². The Morgan fingerprint density at radius 3 is 2.40 bits per heavy atom. The lowest BCUT2D eigenvalue weighted by Gasteiger charge is -2.37. The molecule has 0 radical (unpaired) electrons. The smallest absolute Gasteiger partial charge is 0.246 e. The standard InChI is InChI=1S/C19H26N2O3S/c1-2-16-3-5-17(6-4-16)7-8-19(22)21-12-10-20(11-13-21)18-9-14-25(23,24)15-18/h3-8,18H,2,9-15H2,1H3/b8-7+/t18-/m0/s1. The summed E-state index contributed by atoms with van der Waals surface area (Å²) in [6.07, 6.45) is 5.23. The second-order valence-electron chi connectivity index (χ2n) is 6.85. The van der Waals surface area contributed by atoms with E-state index in [4.69, 9.17) is 0 Å². The Labute approximate surface area is 150 Å². The third-order valence-corrected chi connectivity index (χ3v) is 6.91. The molecule has 1 aromatic carbocycles. The van der Waals surface area contributed by atoms with Crippen molar-refractivity contribution in [2.45, 2.75) is 25.8 Å². The molecular formula is C19H26N2O3S. The van der Waals surface area contributed by atoms with E-state index in [0.717, 1.165) is 31.5 Å². The molecule has 2 fully saturated rings. The van der Waals surface area contributed by atoms with E-state index in [0.29, 0.717) is 18.8 Å². The van der Waals surface area contributed by atoms with Gasteiger partial charge < -0.3 is 4.90 Å². The number of benzene rings is 1. The molecule has 2 aliphatic heterocycles. The third-order valence-electron chi connectivity index (χ3n) is 5.16. The number of rotatable bonds is 4. The van der Waals surface area contributed by atoms with Crippen LogP contribution in [-0.4, -0.2) is 67.9 Å². The van der Waals surface area contributed by atoms with Crippen LogP contribution in [0.2, 0.25) is 0 Å². The molecule has 2 saturated heterocycles. The summed E-state index contributed by atoms with van der Waals surface area (Å²) >= 11 is 0. The maximum Gasteiger partial charge on any atom is 0.246 e. The average Bonchev–Trinajstić information content (AvgIpc) is 3.00. The Hall–Kier alpha value is -1.66. The van der Waals surface area contributed by atoms with Gasteiger partial charge in [0.2, 0.25) is 5.91 Å². The predicted molar refractivity (Wildman–Crippen MR) is 100 cm³/mol. The van der Waals surface area contributed by atoms with Crippen LogP contribution in [0, 0.1) is 0 Å². The van der Waals surface area contributed by atoms with E-state index < -0.39 is 9.84 Å². The van der Waals surface area contributed by atoms with Gasteiger partial charge in [-0.05, 0) is 30.0 Å². The maximum absolute atomic E-state index is 12.4. The molecule has 5 nitrogen and oxygen atoms in total. The van der Waals surface area contributed by atoms with Crippen LogP contribution in [0.1, 0.15) is 24.5 Å². The van der Waals surface area contributed by atoms with Gasteiger partial charge in [-0.25, -0.2) is 8.42 Å².